The Balaban J connectivity index is 2.38. The van der Waals surface area contributed by atoms with Gasteiger partial charge in [0.05, 0.1) is 0 Å². The maximum atomic E-state index is 13.6. The first-order valence-corrected chi connectivity index (χ1v) is 6.51. The third-order valence-electron chi connectivity index (χ3n) is 2.74. The lowest BCUT2D eigenvalue weighted by Crippen LogP contribution is -2.18. The number of hydrogen-bond donors (Lipinski definition) is 1. The first kappa shape index (κ1) is 14.8. The van der Waals surface area contributed by atoms with Gasteiger partial charge in [0.1, 0.15) is 5.75 Å². The second kappa shape index (κ2) is 6.20. The zero-order valence-electron chi connectivity index (χ0n) is 10.9. The molecule has 1 atom stereocenters. The minimum absolute atomic E-state index is 0.130. The highest BCUT2D eigenvalue weighted by atomic mass is 35.5. The second-order valence-electron chi connectivity index (χ2n) is 4.55. The molecular weight excluding hydrogens is 284 g/mol. The fourth-order valence-corrected chi connectivity index (χ4v) is 2.08. The Morgan fingerprint density at radius 1 is 1.15 bits per heavy atom. The minimum Gasteiger partial charge on any atom is -0.454 e. The number of benzene rings is 2. The molecule has 106 valence electrons. The van der Waals surface area contributed by atoms with Crippen molar-refractivity contribution in [3.05, 3.63) is 58.6 Å². The van der Waals surface area contributed by atoms with E-state index in [0.717, 1.165) is 6.07 Å². The molecule has 0 amide bonds. The molecule has 0 fully saturated rings. The van der Waals surface area contributed by atoms with Crippen LogP contribution in [0.4, 0.5) is 8.78 Å². The lowest BCUT2D eigenvalue weighted by molar-refractivity contribution is 0.412. The summed E-state index contributed by atoms with van der Waals surface area (Å²) in [5.41, 5.74) is 6.44. The van der Waals surface area contributed by atoms with Crippen molar-refractivity contribution in [2.45, 2.75) is 19.4 Å². The summed E-state index contributed by atoms with van der Waals surface area (Å²) in [5.74, 6) is -1.80. The highest BCUT2D eigenvalue weighted by Gasteiger charge is 2.14. The number of hydrogen-bond acceptors (Lipinski definition) is 2. The smallest absolute Gasteiger partial charge is 0.201 e. The molecule has 0 spiro atoms. The van der Waals surface area contributed by atoms with E-state index in [4.69, 9.17) is 22.1 Å². The van der Waals surface area contributed by atoms with E-state index < -0.39 is 11.6 Å². The summed E-state index contributed by atoms with van der Waals surface area (Å²) in [6.07, 6.45) is 0.478. The molecule has 1 unspecified atom stereocenters. The Bertz CT molecular complexity index is 617. The summed E-state index contributed by atoms with van der Waals surface area (Å²) in [6, 6.07) is 8.66. The van der Waals surface area contributed by atoms with Gasteiger partial charge in [-0.05, 0) is 37.6 Å². The van der Waals surface area contributed by atoms with Gasteiger partial charge in [0.2, 0.25) is 5.82 Å². The van der Waals surface area contributed by atoms with Gasteiger partial charge in [0, 0.05) is 16.6 Å². The molecule has 0 radical (unpaired) electrons. The van der Waals surface area contributed by atoms with Gasteiger partial charge < -0.3 is 10.5 Å². The summed E-state index contributed by atoms with van der Waals surface area (Å²) in [4.78, 5) is 0. The van der Waals surface area contributed by atoms with Crippen molar-refractivity contribution >= 4 is 11.6 Å². The van der Waals surface area contributed by atoms with Gasteiger partial charge in [0.25, 0.3) is 0 Å². The van der Waals surface area contributed by atoms with Crippen molar-refractivity contribution in [2.24, 2.45) is 5.73 Å². The van der Waals surface area contributed by atoms with E-state index in [1.54, 1.807) is 18.2 Å². The molecule has 2 N–H and O–H groups in total. The van der Waals surface area contributed by atoms with Crippen LogP contribution < -0.4 is 10.5 Å². The zero-order valence-corrected chi connectivity index (χ0v) is 11.6. The highest BCUT2D eigenvalue weighted by Crippen LogP contribution is 2.32. The number of halogens is 3. The number of ether oxygens (including phenoxy) is 1. The van der Waals surface area contributed by atoms with Gasteiger partial charge in [0.15, 0.2) is 11.6 Å². The van der Waals surface area contributed by atoms with Gasteiger partial charge >= 0.3 is 0 Å². The summed E-state index contributed by atoms with van der Waals surface area (Å²) < 4.78 is 32.2. The molecule has 20 heavy (non-hydrogen) atoms. The fourth-order valence-electron chi connectivity index (χ4n) is 1.84. The summed E-state index contributed by atoms with van der Waals surface area (Å²) >= 11 is 6.11. The zero-order chi connectivity index (χ0) is 14.7. The van der Waals surface area contributed by atoms with E-state index in [0.29, 0.717) is 22.8 Å². The summed E-state index contributed by atoms with van der Waals surface area (Å²) in [7, 11) is 0. The molecule has 0 aliphatic carbocycles. The maximum Gasteiger partial charge on any atom is 0.201 e. The van der Waals surface area contributed by atoms with Crippen LogP contribution in [0, 0.1) is 11.6 Å². The molecule has 2 nitrogen and oxygen atoms in total. The van der Waals surface area contributed by atoms with Gasteiger partial charge in [-0.2, -0.15) is 4.39 Å². The number of nitrogens with two attached hydrogens (primary N) is 1. The molecule has 0 saturated heterocycles. The molecule has 2 aromatic carbocycles. The van der Waals surface area contributed by atoms with Gasteiger partial charge in [-0.1, -0.05) is 23.7 Å². The Morgan fingerprint density at radius 3 is 2.50 bits per heavy atom. The molecule has 2 aromatic rings. The summed E-state index contributed by atoms with van der Waals surface area (Å²) in [6.45, 7) is 1.83. The van der Waals surface area contributed by atoms with E-state index >= 15 is 0 Å². The third kappa shape index (κ3) is 3.26. The molecule has 0 saturated carbocycles. The average Bonchev–Trinajstić information content (AvgIpc) is 2.38. The van der Waals surface area contributed by atoms with Crippen molar-refractivity contribution in [3.63, 3.8) is 0 Å². The first-order valence-electron chi connectivity index (χ1n) is 6.14. The average molecular weight is 298 g/mol. The lowest BCUT2D eigenvalue weighted by atomic mass is 10.1. The van der Waals surface area contributed by atoms with Crippen molar-refractivity contribution in [3.8, 4) is 11.5 Å². The van der Waals surface area contributed by atoms with E-state index in [1.165, 1.54) is 12.1 Å². The molecule has 0 bridgehead atoms. The van der Waals surface area contributed by atoms with E-state index in [2.05, 4.69) is 0 Å². The molecular formula is C15H14ClF2NO. The predicted octanol–water partition coefficient (Wildman–Crippen LogP) is 4.30. The normalized spacial score (nSPS) is 12.2. The van der Waals surface area contributed by atoms with Crippen LogP contribution in [0.2, 0.25) is 5.02 Å². The SMILES string of the molecule is CC(N)Cc1c(Cl)cccc1Oc1cccc(F)c1F. The second-order valence-corrected chi connectivity index (χ2v) is 4.96. The standard InChI is InChI=1S/C15H14ClF2NO/c1-9(19)8-10-11(16)4-2-6-13(10)20-14-7-3-5-12(17)15(14)18/h2-7,9H,8,19H2,1H3. The van der Waals surface area contributed by atoms with E-state index in [9.17, 15) is 8.78 Å². The molecule has 0 heterocycles. The monoisotopic (exact) mass is 297 g/mol. The van der Waals surface area contributed by atoms with Crippen molar-refractivity contribution in [1.82, 2.24) is 0 Å². The number of rotatable bonds is 4. The highest BCUT2D eigenvalue weighted by molar-refractivity contribution is 6.31. The van der Waals surface area contributed by atoms with Crippen LogP contribution in [0.3, 0.4) is 0 Å². The topological polar surface area (TPSA) is 35.2 Å². The van der Waals surface area contributed by atoms with Crippen LogP contribution in [0.25, 0.3) is 0 Å². The quantitative estimate of drug-likeness (QED) is 0.913. The maximum absolute atomic E-state index is 13.6. The van der Waals surface area contributed by atoms with Crippen LogP contribution in [0.5, 0.6) is 11.5 Å². The minimum atomic E-state index is -1.03. The van der Waals surface area contributed by atoms with Crippen LogP contribution >= 0.6 is 11.6 Å². The van der Waals surface area contributed by atoms with Crippen molar-refractivity contribution in [1.29, 1.82) is 0 Å². The van der Waals surface area contributed by atoms with Crippen LogP contribution in [0.15, 0.2) is 36.4 Å². The van der Waals surface area contributed by atoms with Gasteiger partial charge in [-0.25, -0.2) is 4.39 Å². The van der Waals surface area contributed by atoms with Crippen molar-refractivity contribution in [2.75, 3.05) is 0 Å². The van der Waals surface area contributed by atoms with E-state index in [1.807, 2.05) is 6.92 Å². The van der Waals surface area contributed by atoms with Crippen LogP contribution in [-0.2, 0) is 6.42 Å². The van der Waals surface area contributed by atoms with Crippen molar-refractivity contribution < 1.29 is 13.5 Å². The van der Waals surface area contributed by atoms with E-state index in [-0.39, 0.29) is 11.8 Å². The molecule has 0 aliphatic rings. The molecule has 0 aromatic heterocycles. The molecule has 5 heteroatoms. The Labute approximate surface area is 121 Å². The molecule has 0 aliphatic heterocycles. The largest absolute Gasteiger partial charge is 0.454 e. The lowest BCUT2D eigenvalue weighted by Gasteiger charge is -2.14. The Morgan fingerprint density at radius 2 is 1.80 bits per heavy atom. The molecule has 2 rings (SSSR count). The predicted molar refractivity (Wildman–Crippen MR) is 75.2 cm³/mol. The Hall–Kier alpha value is -1.65. The Kier molecular flexibility index (Phi) is 4.57. The fraction of sp³-hybridized carbons (Fsp3) is 0.200. The first-order chi connectivity index (χ1) is 9.49. The summed E-state index contributed by atoms with van der Waals surface area (Å²) in [5, 5.41) is 0.483. The third-order valence-corrected chi connectivity index (χ3v) is 3.09. The van der Waals surface area contributed by atoms with Crippen LogP contribution in [0.1, 0.15) is 12.5 Å². The van der Waals surface area contributed by atoms with Crippen LogP contribution in [-0.4, -0.2) is 6.04 Å². The van der Waals surface area contributed by atoms with Gasteiger partial charge in [-0.3, -0.25) is 0 Å². The van der Waals surface area contributed by atoms with Gasteiger partial charge in [-0.15, -0.1) is 0 Å².